The number of aromatic nitrogens is 1. The van der Waals surface area contributed by atoms with E-state index in [1.54, 1.807) is 6.07 Å². The van der Waals surface area contributed by atoms with Gasteiger partial charge in [-0.3, -0.25) is 4.98 Å². The normalized spacial score (nSPS) is 13.7. The van der Waals surface area contributed by atoms with Crippen molar-refractivity contribution in [2.24, 2.45) is 0 Å². The minimum absolute atomic E-state index is 0.238. The number of pyridine rings is 1. The van der Waals surface area contributed by atoms with Crippen molar-refractivity contribution in [3.8, 4) is 11.3 Å². The fourth-order valence-electron chi connectivity index (χ4n) is 4.75. The summed E-state index contributed by atoms with van der Waals surface area (Å²) in [6, 6.07) is 22.3. The predicted octanol–water partition coefficient (Wildman–Crippen LogP) is 7.88. The molecule has 0 radical (unpaired) electrons. The van der Waals surface area contributed by atoms with Crippen molar-refractivity contribution in [2.75, 3.05) is 0 Å². The molecule has 30 heavy (non-hydrogen) atoms. The van der Waals surface area contributed by atoms with Gasteiger partial charge in [-0.25, -0.2) is 0 Å². The molecule has 4 aromatic carbocycles. The summed E-state index contributed by atoms with van der Waals surface area (Å²) in [7, 11) is 0. The fourth-order valence-corrected chi connectivity index (χ4v) is 4.75. The van der Waals surface area contributed by atoms with Crippen LogP contribution in [0.15, 0.2) is 77.3 Å². The number of benzene rings is 4. The number of fused-ring (bicyclic) bond motifs is 8. The molecule has 0 fully saturated rings. The van der Waals surface area contributed by atoms with E-state index in [0.29, 0.717) is 0 Å². The van der Waals surface area contributed by atoms with Crippen LogP contribution in [0, 0.1) is 20.7 Å². The summed E-state index contributed by atoms with van der Waals surface area (Å²) in [5.41, 5.74) is 5.21. The molecule has 6 rings (SSSR count). The van der Waals surface area contributed by atoms with Crippen molar-refractivity contribution in [2.45, 2.75) is 20.7 Å². The molecule has 0 spiro atoms. The zero-order valence-electron chi connectivity index (χ0n) is 19.8. The van der Waals surface area contributed by atoms with Crippen LogP contribution >= 0.6 is 0 Å². The molecule has 0 unspecified atom stereocenters. The van der Waals surface area contributed by atoms with E-state index in [1.807, 2.05) is 30.3 Å². The third-order valence-electron chi connectivity index (χ3n) is 6.06. The number of nitrogens with zero attached hydrogens (tertiary/aromatic N) is 1. The molecule has 2 nitrogen and oxygen atoms in total. The summed E-state index contributed by atoms with van der Waals surface area (Å²) < 4.78 is 30.1. The molecule has 0 aliphatic rings. The van der Waals surface area contributed by atoms with Gasteiger partial charge in [-0.2, -0.15) is 0 Å². The lowest BCUT2D eigenvalue weighted by Crippen LogP contribution is -1.87. The summed E-state index contributed by atoms with van der Waals surface area (Å²) in [5.74, 6) is 0.814. The van der Waals surface area contributed by atoms with Gasteiger partial charge in [-0.05, 0) is 72.4 Å². The zero-order valence-corrected chi connectivity index (χ0v) is 16.8. The molecule has 0 saturated carbocycles. The highest BCUT2D eigenvalue weighted by Crippen LogP contribution is 2.41. The van der Waals surface area contributed by atoms with Crippen LogP contribution in [0.1, 0.15) is 20.8 Å². The summed E-state index contributed by atoms with van der Waals surface area (Å²) in [6.07, 6.45) is 1.48. The highest BCUT2D eigenvalue weighted by Gasteiger charge is 2.17. The molecule has 0 saturated heterocycles. The van der Waals surface area contributed by atoms with Crippen LogP contribution in [0.2, 0.25) is 0 Å². The SMILES string of the molecule is [2H]C([2H])([2H])c1cnc2c3ccccc3c3ccc4oc(-c5c(C)cccc5C)cc4c3c2c1. The molecule has 2 aromatic heterocycles. The number of hydrogen-bond acceptors (Lipinski definition) is 2. The van der Waals surface area contributed by atoms with Gasteiger partial charge in [0.2, 0.25) is 0 Å². The van der Waals surface area contributed by atoms with E-state index in [4.69, 9.17) is 8.53 Å². The number of hydrogen-bond donors (Lipinski definition) is 0. The lowest BCUT2D eigenvalue weighted by molar-refractivity contribution is 0.630. The first-order valence-corrected chi connectivity index (χ1v) is 10.1. The van der Waals surface area contributed by atoms with E-state index in [2.05, 4.69) is 49.2 Å². The van der Waals surface area contributed by atoms with E-state index in [-0.39, 0.29) is 5.56 Å². The van der Waals surface area contributed by atoms with Crippen LogP contribution in [0.5, 0.6) is 0 Å². The van der Waals surface area contributed by atoms with E-state index in [1.165, 1.54) is 6.20 Å². The van der Waals surface area contributed by atoms with Gasteiger partial charge >= 0.3 is 0 Å². The van der Waals surface area contributed by atoms with Crippen LogP contribution in [0.3, 0.4) is 0 Å². The maximum atomic E-state index is 7.92. The van der Waals surface area contributed by atoms with Gasteiger partial charge in [0, 0.05) is 37.4 Å². The molecule has 0 atom stereocenters. The molecule has 144 valence electrons. The highest BCUT2D eigenvalue weighted by atomic mass is 16.3. The van der Waals surface area contributed by atoms with Gasteiger partial charge in [-0.15, -0.1) is 0 Å². The molecule has 0 amide bonds. The second kappa shape index (κ2) is 6.17. The minimum atomic E-state index is -2.23. The van der Waals surface area contributed by atoms with Gasteiger partial charge in [0.1, 0.15) is 11.3 Å². The maximum Gasteiger partial charge on any atom is 0.135 e. The van der Waals surface area contributed by atoms with Crippen molar-refractivity contribution >= 4 is 43.4 Å². The van der Waals surface area contributed by atoms with E-state index in [0.717, 1.165) is 65.9 Å². The van der Waals surface area contributed by atoms with Crippen molar-refractivity contribution in [3.63, 3.8) is 0 Å². The Morgan fingerprint density at radius 2 is 1.57 bits per heavy atom. The Labute approximate surface area is 179 Å². The van der Waals surface area contributed by atoms with E-state index in [9.17, 15) is 0 Å². The molecule has 2 heteroatoms. The quantitative estimate of drug-likeness (QED) is 0.267. The topological polar surface area (TPSA) is 26.0 Å². The van der Waals surface area contributed by atoms with Crippen molar-refractivity contribution in [3.05, 3.63) is 89.6 Å². The Kier molecular flexibility index (Phi) is 2.95. The predicted molar refractivity (Wildman–Crippen MR) is 126 cm³/mol. The van der Waals surface area contributed by atoms with Crippen LogP contribution < -0.4 is 0 Å². The standard InChI is InChI=1S/C28H21NO/c1-16-13-23-27-20(19-9-4-5-10-21(19)28(23)29-15-16)11-12-24-22(27)14-25(30-24)26-17(2)7-6-8-18(26)3/h4-15H,1-3H3/i1D3. The number of aryl methyl sites for hydroxylation is 3. The van der Waals surface area contributed by atoms with Crippen LogP contribution in [0.4, 0.5) is 0 Å². The zero-order chi connectivity index (χ0) is 22.9. The van der Waals surface area contributed by atoms with E-state index < -0.39 is 6.85 Å². The average Bonchev–Trinajstić information content (AvgIpc) is 3.21. The van der Waals surface area contributed by atoms with Crippen LogP contribution in [-0.4, -0.2) is 4.98 Å². The Morgan fingerprint density at radius 3 is 2.37 bits per heavy atom. The number of rotatable bonds is 1. The lowest BCUT2D eigenvalue weighted by atomic mass is 9.94. The summed E-state index contributed by atoms with van der Waals surface area (Å²) in [4.78, 5) is 4.64. The van der Waals surface area contributed by atoms with Gasteiger partial charge in [0.15, 0.2) is 0 Å². The van der Waals surface area contributed by atoms with Crippen molar-refractivity contribution in [1.82, 2.24) is 4.98 Å². The van der Waals surface area contributed by atoms with Crippen LogP contribution in [0.25, 0.3) is 54.7 Å². The minimum Gasteiger partial charge on any atom is -0.456 e. The molecule has 0 N–H and O–H groups in total. The largest absolute Gasteiger partial charge is 0.456 e. The van der Waals surface area contributed by atoms with Gasteiger partial charge in [0.25, 0.3) is 0 Å². The van der Waals surface area contributed by atoms with Crippen molar-refractivity contribution < 1.29 is 8.53 Å². The Balaban J connectivity index is 1.81. The van der Waals surface area contributed by atoms with Crippen molar-refractivity contribution in [1.29, 1.82) is 0 Å². The third-order valence-corrected chi connectivity index (χ3v) is 6.06. The maximum absolute atomic E-state index is 7.92. The summed E-state index contributed by atoms with van der Waals surface area (Å²) in [6.45, 7) is 1.94. The number of furan rings is 1. The van der Waals surface area contributed by atoms with Crippen LogP contribution in [-0.2, 0) is 0 Å². The van der Waals surface area contributed by atoms with Gasteiger partial charge in [0.05, 0.1) is 5.52 Å². The Hall–Kier alpha value is -3.65. The molecule has 0 aliphatic heterocycles. The Bertz CT molecular complexity index is 1710. The molecule has 6 aromatic rings. The Morgan fingerprint density at radius 1 is 0.767 bits per heavy atom. The van der Waals surface area contributed by atoms with Gasteiger partial charge in [-0.1, -0.05) is 42.5 Å². The van der Waals surface area contributed by atoms with Gasteiger partial charge < -0.3 is 4.42 Å². The second-order valence-corrected chi connectivity index (χ2v) is 7.94. The molecular weight excluding hydrogens is 366 g/mol. The first-order valence-electron chi connectivity index (χ1n) is 11.6. The highest BCUT2D eigenvalue weighted by molar-refractivity contribution is 6.30. The smallest absolute Gasteiger partial charge is 0.135 e. The monoisotopic (exact) mass is 390 g/mol. The molecule has 2 heterocycles. The average molecular weight is 391 g/mol. The first kappa shape index (κ1) is 14.4. The fraction of sp³-hybridized carbons (Fsp3) is 0.107. The first-order chi connectivity index (χ1) is 15.8. The molecule has 0 aliphatic carbocycles. The summed E-state index contributed by atoms with van der Waals surface area (Å²) >= 11 is 0. The molecular formula is C28H21NO. The molecule has 0 bridgehead atoms. The van der Waals surface area contributed by atoms with E-state index >= 15 is 0 Å². The summed E-state index contributed by atoms with van der Waals surface area (Å²) in [5, 5.41) is 5.92. The lowest BCUT2D eigenvalue weighted by Gasteiger charge is -2.10. The second-order valence-electron chi connectivity index (χ2n) is 7.94. The third kappa shape index (κ3) is 2.34.